The van der Waals surface area contributed by atoms with E-state index in [2.05, 4.69) is 23.6 Å². The van der Waals surface area contributed by atoms with E-state index >= 15 is 0 Å². The van der Waals surface area contributed by atoms with E-state index in [9.17, 15) is 4.79 Å². The van der Waals surface area contributed by atoms with Gasteiger partial charge in [-0.15, -0.1) is 0 Å². The quantitative estimate of drug-likeness (QED) is 0.389. The largest absolute Gasteiger partial charge is 0.481 e. The number of hydrogen-bond acceptors (Lipinski definition) is 6. The number of aliphatic carboxylic acids is 1. The fraction of sp³-hybridized carbons (Fsp3) is 0.571. The van der Waals surface area contributed by atoms with Crippen LogP contribution < -0.4 is 4.90 Å². The van der Waals surface area contributed by atoms with Crippen LogP contribution in [0.25, 0.3) is 11.2 Å². The van der Waals surface area contributed by atoms with Crippen LogP contribution in [-0.2, 0) is 4.79 Å². The van der Waals surface area contributed by atoms with Gasteiger partial charge in [0.2, 0.25) is 0 Å². The number of piperidine rings is 2. The Kier molecular flexibility index (Phi) is 8.12. The molecule has 2 saturated heterocycles. The van der Waals surface area contributed by atoms with Crippen LogP contribution >= 0.6 is 23.2 Å². The summed E-state index contributed by atoms with van der Waals surface area (Å²) >= 11 is 12.6. The van der Waals surface area contributed by atoms with Crippen molar-refractivity contribution < 1.29 is 9.90 Å². The number of carboxylic acids is 1. The molecule has 2 aromatic heterocycles. The number of aromatic nitrogens is 4. The van der Waals surface area contributed by atoms with Gasteiger partial charge in [0.25, 0.3) is 0 Å². The third-order valence-electron chi connectivity index (χ3n) is 8.31. The van der Waals surface area contributed by atoms with E-state index in [0.717, 1.165) is 80.1 Å². The Morgan fingerprint density at radius 3 is 2.76 bits per heavy atom. The molecule has 3 aromatic rings. The van der Waals surface area contributed by atoms with E-state index in [1.807, 2.05) is 29.9 Å². The zero-order valence-corrected chi connectivity index (χ0v) is 23.8. The summed E-state index contributed by atoms with van der Waals surface area (Å²) < 4.78 is 1.91. The summed E-state index contributed by atoms with van der Waals surface area (Å²) in [7, 11) is 0. The fourth-order valence-electron chi connectivity index (χ4n) is 6.28. The molecule has 0 amide bonds. The van der Waals surface area contributed by atoms with Crippen molar-refractivity contribution in [3.63, 3.8) is 0 Å². The molecular formula is C28H36Cl2N6O2. The summed E-state index contributed by atoms with van der Waals surface area (Å²) in [5, 5.41) is 15.1. The molecule has 0 radical (unpaired) electrons. The highest BCUT2D eigenvalue weighted by Crippen LogP contribution is 2.33. The molecular weight excluding hydrogens is 523 g/mol. The molecule has 204 valence electrons. The first-order chi connectivity index (χ1) is 18.2. The minimum absolute atomic E-state index is 0.127. The minimum Gasteiger partial charge on any atom is -0.481 e. The number of aryl methyl sites for hydroxylation is 1. The summed E-state index contributed by atoms with van der Waals surface area (Å²) in [5.41, 5.74) is 3.33. The lowest BCUT2D eigenvalue weighted by atomic mass is 9.87. The number of carbonyl (C=O) groups is 1. The lowest BCUT2D eigenvalue weighted by Gasteiger charge is -2.46. The number of halogens is 2. The molecule has 2 fully saturated rings. The minimum atomic E-state index is -0.691. The smallest absolute Gasteiger partial charge is 0.303 e. The first-order valence-electron chi connectivity index (χ1n) is 13.6. The number of benzene rings is 1. The second-order valence-electron chi connectivity index (χ2n) is 11.0. The Labute approximate surface area is 233 Å². The van der Waals surface area contributed by atoms with E-state index in [1.165, 1.54) is 0 Å². The summed E-state index contributed by atoms with van der Waals surface area (Å²) in [6, 6.07) is 5.92. The molecule has 1 N–H and O–H groups in total. The van der Waals surface area contributed by atoms with Crippen LogP contribution in [0.2, 0.25) is 10.0 Å². The Morgan fingerprint density at radius 1 is 1.21 bits per heavy atom. The number of carboxylic acid groups (broad SMARTS) is 1. The summed E-state index contributed by atoms with van der Waals surface area (Å²) in [4.78, 5) is 25.8. The highest BCUT2D eigenvalue weighted by Gasteiger charge is 2.34. The third kappa shape index (κ3) is 5.63. The molecule has 4 atom stereocenters. The SMILES string of the molecule is Cc1nn(C(C)c2ccc(Cl)cc2Cl)c2nc(N3CCC(N4CCCC(CCC(=O)O)C4)[C@@H](C)C3)cnc12. The van der Waals surface area contributed by atoms with E-state index in [4.69, 9.17) is 43.4 Å². The van der Waals surface area contributed by atoms with Crippen molar-refractivity contribution in [2.75, 3.05) is 31.1 Å². The highest BCUT2D eigenvalue weighted by atomic mass is 35.5. The standard InChI is InChI=1S/C28H36Cl2N6O2/c1-17-15-35(12-10-24(17)34-11-4-5-20(16-34)6-9-26(37)38)25-14-31-27-18(2)33-36(28(27)32-25)19(3)22-8-7-21(29)13-23(22)30/h7-8,13-14,17,19-20,24H,4-6,9-12,15-16H2,1-3H3,(H,37,38)/t17-,19?,20?,24?/m0/s1. The molecule has 0 spiro atoms. The maximum absolute atomic E-state index is 11.0. The first-order valence-corrected chi connectivity index (χ1v) is 14.3. The van der Waals surface area contributed by atoms with Crippen molar-refractivity contribution in [3.05, 3.63) is 45.7 Å². The topological polar surface area (TPSA) is 87.4 Å². The van der Waals surface area contributed by atoms with Gasteiger partial charge in [0.05, 0.1) is 17.9 Å². The summed E-state index contributed by atoms with van der Waals surface area (Å²) in [5.74, 6) is 1.14. The van der Waals surface area contributed by atoms with Crippen LogP contribution in [0.5, 0.6) is 0 Å². The Bertz CT molecular complexity index is 1310. The molecule has 2 aliphatic rings. The molecule has 4 heterocycles. The first kappa shape index (κ1) is 27.2. The number of fused-ring (bicyclic) bond motifs is 1. The van der Waals surface area contributed by atoms with Crippen LogP contribution in [0.1, 0.15) is 63.3 Å². The van der Waals surface area contributed by atoms with Gasteiger partial charge in [-0.2, -0.15) is 5.10 Å². The van der Waals surface area contributed by atoms with Crippen molar-refractivity contribution in [3.8, 4) is 0 Å². The lowest BCUT2D eigenvalue weighted by molar-refractivity contribution is -0.137. The predicted octanol–water partition coefficient (Wildman–Crippen LogP) is 5.84. The van der Waals surface area contributed by atoms with Gasteiger partial charge in [-0.3, -0.25) is 9.69 Å². The van der Waals surface area contributed by atoms with Crippen LogP contribution in [-0.4, -0.2) is 67.9 Å². The van der Waals surface area contributed by atoms with Gasteiger partial charge in [0.15, 0.2) is 5.65 Å². The summed E-state index contributed by atoms with van der Waals surface area (Å²) in [6.45, 7) is 10.3. The van der Waals surface area contributed by atoms with Gasteiger partial charge >= 0.3 is 5.97 Å². The van der Waals surface area contributed by atoms with E-state index in [1.54, 1.807) is 6.07 Å². The second kappa shape index (κ2) is 11.4. The van der Waals surface area contributed by atoms with Gasteiger partial charge in [0.1, 0.15) is 11.3 Å². The van der Waals surface area contributed by atoms with Gasteiger partial charge in [0, 0.05) is 42.1 Å². The van der Waals surface area contributed by atoms with Crippen molar-refractivity contribution in [2.45, 2.75) is 65.0 Å². The molecule has 8 nitrogen and oxygen atoms in total. The van der Waals surface area contributed by atoms with E-state index in [-0.39, 0.29) is 12.5 Å². The molecule has 0 aliphatic carbocycles. The molecule has 2 aliphatic heterocycles. The average Bonchev–Trinajstić information content (AvgIpc) is 3.23. The number of rotatable bonds is 7. The van der Waals surface area contributed by atoms with Crippen LogP contribution in [0.3, 0.4) is 0 Å². The van der Waals surface area contributed by atoms with Crippen molar-refractivity contribution in [2.24, 2.45) is 11.8 Å². The van der Waals surface area contributed by atoms with E-state index < -0.39 is 5.97 Å². The zero-order valence-electron chi connectivity index (χ0n) is 22.3. The number of nitrogens with zero attached hydrogens (tertiary/aromatic N) is 6. The van der Waals surface area contributed by atoms with Crippen LogP contribution in [0, 0.1) is 18.8 Å². The normalized spacial score (nSPS) is 23.6. The van der Waals surface area contributed by atoms with Crippen LogP contribution in [0.4, 0.5) is 5.82 Å². The molecule has 10 heteroatoms. The Hall–Kier alpha value is -2.42. The van der Waals surface area contributed by atoms with Gasteiger partial charge < -0.3 is 10.0 Å². The molecule has 0 bridgehead atoms. The molecule has 3 unspecified atom stereocenters. The van der Waals surface area contributed by atoms with Gasteiger partial charge in [-0.25, -0.2) is 14.6 Å². The fourth-order valence-corrected chi connectivity index (χ4v) is 6.85. The lowest BCUT2D eigenvalue weighted by Crippen LogP contribution is -2.53. The number of anilines is 1. The third-order valence-corrected chi connectivity index (χ3v) is 8.87. The monoisotopic (exact) mass is 558 g/mol. The molecule has 1 aromatic carbocycles. The van der Waals surface area contributed by atoms with Crippen molar-refractivity contribution in [1.82, 2.24) is 24.6 Å². The predicted molar refractivity (Wildman–Crippen MR) is 151 cm³/mol. The van der Waals surface area contributed by atoms with Gasteiger partial charge in [-0.1, -0.05) is 36.2 Å². The second-order valence-corrected chi connectivity index (χ2v) is 11.8. The Morgan fingerprint density at radius 2 is 2.03 bits per heavy atom. The van der Waals surface area contributed by atoms with Crippen molar-refractivity contribution in [1.29, 1.82) is 0 Å². The zero-order chi connectivity index (χ0) is 27.0. The van der Waals surface area contributed by atoms with Crippen LogP contribution in [0.15, 0.2) is 24.4 Å². The molecule has 5 rings (SSSR count). The Balaban J connectivity index is 1.32. The average molecular weight is 560 g/mol. The maximum Gasteiger partial charge on any atom is 0.303 e. The maximum atomic E-state index is 11.0. The molecule has 38 heavy (non-hydrogen) atoms. The van der Waals surface area contributed by atoms with Gasteiger partial charge in [-0.05, 0) is 75.6 Å². The number of likely N-dealkylation sites (tertiary alicyclic amines) is 1. The molecule has 0 saturated carbocycles. The number of hydrogen-bond donors (Lipinski definition) is 1. The van der Waals surface area contributed by atoms with E-state index in [0.29, 0.717) is 27.9 Å². The van der Waals surface area contributed by atoms with Crippen molar-refractivity contribution >= 4 is 46.2 Å². The highest BCUT2D eigenvalue weighted by molar-refractivity contribution is 6.35. The summed E-state index contributed by atoms with van der Waals surface area (Å²) in [6.07, 6.45) is 6.27.